The first-order valence-electron chi connectivity index (χ1n) is 5.51. The zero-order chi connectivity index (χ0) is 14.6. The number of nitrogens with one attached hydrogen (secondary N) is 1. The van der Waals surface area contributed by atoms with Crippen LogP contribution in [0, 0.1) is 5.82 Å². The fraction of sp³-hybridized carbons (Fsp3) is 0.364. The number of anilines is 1. The van der Waals surface area contributed by atoms with Crippen LogP contribution in [0.4, 0.5) is 10.1 Å². The summed E-state index contributed by atoms with van der Waals surface area (Å²) in [5.41, 5.74) is 5.17. The number of carbonyl (C=O) groups excluding carboxylic acids is 1. The number of sulfonamides is 1. The highest BCUT2D eigenvalue weighted by Crippen LogP contribution is 2.19. The van der Waals surface area contributed by atoms with Gasteiger partial charge in [-0.05, 0) is 18.2 Å². The molecule has 1 rings (SSSR count). The minimum atomic E-state index is -3.82. The molecule has 0 saturated heterocycles. The fourth-order valence-electron chi connectivity index (χ4n) is 1.35. The number of nitrogens with zero attached hydrogens (tertiary/aromatic N) is 1. The summed E-state index contributed by atoms with van der Waals surface area (Å²) >= 11 is 0. The van der Waals surface area contributed by atoms with Crippen molar-refractivity contribution in [1.29, 1.82) is 0 Å². The molecule has 0 fully saturated rings. The third-order valence-electron chi connectivity index (χ3n) is 2.61. The van der Waals surface area contributed by atoms with E-state index in [9.17, 15) is 17.6 Å². The highest BCUT2D eigenvalue weighted by molar-refractivity contribution is 7.89. The summed E-state index contributed by atoms with van der Waals surface area (Å²) in [7, 11) is -1.03. The second-order valence-electron chi connectivity index (χ2n) is 3.93. The van der Waals surface area contributed by atoms with E-state index in [2.05, 4.69) is 5.32 Å². The van der Waals surface area contributed by atoms with Crippen LogP contribution in [-0.4, -0.2) is 39.3 Å². The minimum absolute atomic E-state index is 0.00794. The summed E-state index contributed by atoms with van der Waals surface area (Å²) in [6.07, 6.45) is 0.0314. The van der Waals surface area contributed by atoms with Crippen molar-refractivity contribution in [1.82, 2.24) is 9.62 Å². The Hall–Kier alpha value is -1.67. The number of nitrogen functional groups attached to an aromatic ring is 1. The van der Waals surface area contributed by atoms with Crippen molar-refractivity contribution in [3.05, 3.63) is 24.0 Å². The molecule has 1 amide bonds. The Morgan fingerprint density at radius 3 is 2.63 bits per heavy atom. The monoisotopic (exact) mass is 289 g/mol. The van der Waals surface area contributed by atoms with E-state index in [1.807, 2.05) is 0 Å². The molecule has 0 spiro atoms. The van der Waals surface area contributed by atoms with Gasteiger partial charge in [0.25, 0.3) is 0 Å². The molecule has 0 bridgehead atoms. The molecule has 0 heterocycles. The maximum Gasteiger partial charge on any atom is 0.242 e. The molecule has 19 heavy (non-hydrogen) atoms. The Morgan fingerprint density at radius 1 is 1.47 bits per heavy atom. The molecule has 1 aromatic carbocycles. The summed E-state index contributed by atoms with van der Waals surface area (Å²) in [4.78, 5) is 10.9. The molecule has 0 unspecified atom stereocenters. The molecule has 106 valence electrons. The Labute approximate surface area is 111 Å². The third kappa shape index (κ3) is 3.65. The average Bonchev–Trinajstić information content (AvgIpc) is 2.38. The lowest BCUT2D eigenvalue weighted by atomic mass is 10.3. The van der Waals surface area contributed by atoms with Gasteiger partial charge < -0.3 is 11.1 Å². The number of hydrogen-bond acceptors (Lipinski definition) is 4. The first-order chi connectivity index (χ1) is 8.78. The van der Waals surface area contributed by atoms with Gasteiger partial charge in [0.05, 0.1) is 10.6 Å². The number of hydrogen-bond donors (Lipinski definition) is 2. The number of halogens is 1. The zero-order valence-electron chi connectivity index (χ0n) is 10.7. The number of amides is 1. The van der Waals surface area contributed by atoms with Crippen LogP contribution in [0.3, 0.4) is 0 Å². The summed E-state index contributed by atoms with van der Waals surface area (Å²) in [6, 6.07) is 3.28. The lowest BCUT2D eigenvalue weighted by Gasteiger charge is -2.17. The lowest BCUT2D eigenvalue weighted by Crippen LogP contribution is -2.31. The predicted molar refractivity (Wildman–Crippen MR) is 69.3 cm³/mol. The maximum absolute atomic E-state index is 13.3. The molecule has 0 aromatic heterocycles. The van der Waals surface area contributed by atoms with E-state index in [0.717, 1.165) is 10.4 Å². The Kier molecular flexibility index (Phi) is 4.84. The molecule has 0 aliphatic rings. The normalized spacial score (nSPS) is 11.6. The molecule has 0 saturated carbocycles. The van der Waals surface area contributed by atoms with Gasteiger partial charge in [-0.1, -0.05) is 0 Å². The molecule has 0 atom stereocenters. The predicted octanol–water partition coefficient (Wildman–Crippen LogP) is 0.165. The molecule has 6 nitrogen and oxygen atoms in total. The van der Waals surface area contributed by atoms with Gasteiger partial charge in [0.2, 0.25) is 15.9 Å². The summed E-state index contributed by atoms with van der Waals surface area (Å²) in [5.74, 6) is -1.06. The van der Waals surface area contributed by atoms with Crippen molar-refractivity contribution in [2.24, 2.45) is 0 Å². The third-order valence-corrected chi connectivity index (χ3v) is 4.47. The van der Waals surface area contributed by atoms with Crippen LogP contribution < -0.4 is 11.1 Å². The molecular weight excluding hydrogens is 273 g/mol. The number of rotatable bonds is 5. The van der Waals surface area contributed by atoms with Crippen LogP contribution in [-0.2, 0) is 14.8 Å². The second kappa shape index (κ2) is 5.98. The Balaban J connectivity index is 2.90. The SMILES string of the molecule is CNC(=O)CCN(C)S(=O)(=O)c1ccc(N)c(F)c1. The van der Waals surface area contributed by atoms with Crippen LogP contribution in [0.1, 0.15) is 6.42 Å². The van der Waals surface area contributed by atoms with Crippen LogP contribution in [0.25, 0.3) is 0 Å². The van der Waals surface area contributed by atoms with Crippen LogP contribution in [0.2, 0.25) is 0 Å². The van der Waals surface area contributed by atoms with Crippen LogP contribution >= 0.6 is 0 Å². The van der Waals surface area contributed by atoms with Gasteiger partial charge in [0, 0.05) is 27.1 Å². The molecule has 1 aromatic rings. The standard InChI is InChI=1S/C11H16FN3O3S/c1-14-11(16)5-6-15(2)19(17,18)8-3-4-10(13)9(12)7-8/h3-4,7H,5-6,13H2,1-2H3,(H,14,16). The van der Waals surface area contributed by atoms with Gasteiger partial charge in [-0.15, -0.1) is 0 Å². The zero-order valence-corrected chi connectivity index (χ0v) is 11.5. The van der Waals surface area contributed by atoms with Gasteiger partial charge in [0.15, 0.2) is 0 Å². The van der Waals surface area contributed by atoms with E-state index >= 15 is 0 Å². The highest BCUT2D eigenvalue weighted by atomic mass is 32.2. The van der Waals surface area contributed by atoms with Crippen molar-refractivity contribution in [2.45, 2.75) is 11.3 Å². The fourth-order valence-corrected chi connectivity index (χ4v) is 2.54. The highest BCUT2D eigenvalue weighted by Gasteiger charge is 2.22. The quantitative estimate of drug-likeness (QED) is 0.755. The number of carbonyl (C=O) groups is 1. The molecule has 0 radical (unpaired) electrons. The number of nitrogens with two attached hydrogens (primary N) is 1. The topological polar surface area (TPSA) is 92.5 Å². The summed E-state index contributed by atoms with van der Waals surface area (Å²) < 4.78 is 38.4. The van der Waals surface area contributed by atoms with E-state index in [1.54, 1.807) is 0 Å². The van der Waals surface area contributed by atoms with Gasteiger partial charge in [-0.2, -0.15) is 0 Å². The molecule has 3 N–H and O–H groups in total. The Morgan fingerprint density at radius 2 is 2.11 bits per heavy atom. The first kappa shape index (κ1) is 15.4. The smallest absolute Gasteiger partial charge is 0.242 e. The van der Waals surface area contributed by atoms with Crippen molar-refractivity contribution >= 4 is 21.6 Å². The minimum Gasteiger partial charge on any atom is -0.396 e. The summed E-state index contributed by atoms with van der Waals surface area (Å²) in [6.45, 7) is 0.00794. The molecule has 0 aliphatic heterocycles. The largest absolute Gasteiger partial charge is 0.396 e. The van der Waals surface area contributed by atoms with Crippen molar-refractivity contribution in [3.63, 3.8) is 0 Å². The van der Waals surface area contributed by atoms with E-state index in [1.165, 1.54) is 26.2 Å². The Bertz CT molecular complexity index is 575. The summed E-state index contributed by atoms with van der Waals surface area (Å²) in [5, 5.41) is 2.39. The van der Waals surface area contributed by atoms with Crippen LogP contribution in [0.5, 0.6) is 0 Å². The first-order valence-corrected chi connectivity index (χ1v) is 6.95. The van der Waals surface area contributed by atoms with Crippen LogP contribution in [0.15, 0.2) is 23.1 Å². The number of benzene rings is 1. The maximum atomic E-state index is 13.3. The van der Waals surface area contributed by atoms with Gasteiger partial charge in [-0.25, -0.2) is 17.1 Å². The molecule has 8 heteroatoms. The van der Waals surface area contributed by atoms with E-state index in [0.29, 0.717) is 0 Å². The van der Waals surface area contributed by atoms with Gasteiger partial charge in [-0.3, -0.25) is 4.79 Å². The van der Waals surface area contributed by atoms with E-state index in [4.69, 9.17) is 5.73 Å². The molecule has 0 aliphatic carbocycles. The van der Waals surface area contributed by atoms with Gasteiger partial charge >= 0.3 is 0 Å². The van der Waals surface area contributed by atoms with Crippen molar-refractivity contribution < 1.29 is 17.6 Å². The average molecular weight is 289 g/mol. The van der Waals surface area contributed by atoms with E-state index in [-0.39, 0.29) is 29.5 Å². The van der Waals surface area contributed by atoms with Crippen molar-refractivity contribution in [2.75, 3.05) is 26.4 Å². The lowest BCUT2D eigenvalue weighted by molar-refractivity contribution is -0.120. The van der Waals surface area contributed by atoms with Crippen molar-refractivity contribution in [3.8, 4) is 0 Å². The van der Waals surface area contributed by atoms with E-state index < -0.39 is 15.8 Å². The second-order valence-corrected chi connectivity index (χ2v) is 5.98. The molecular formula is C11H16FN3O3S. The van der Waals surface area contributed by atoms with Gasteiger partial charge in [0.1, 0.15) is 5.82 Å².